The van der Waals surface area contributed by atoms with Gasteiger partial charge in [-0.25, -0.2) is 0 Å². The van der Waals surface area contributed by atoms with Crippen LogP contribution in [0, 0.1) is 5.92 Å². The van der Waals surface area contributed by atoms with Crippen LogP contribution in [0.3, 0.4) is 0 Å². The third-order valence-electron chi connectivity index (χ3n) is 3.34. The minimum absolute atomic E-state index is 0. The molecule has 1 unspecified atom stereocenters. The molecule has 3 N–H and O–H groups in total. The summed E-state index contributed by atoms with van der Waals surface area (Å²) in [5.41, 5.74) is 0.492. The van der Waals surface area contributed by atoms with Gasteiger partial charge < -0.3 is 16.0 Å². The number of halogens is 2. The molecule has 1 atom stereocenters. The van der Waals surface area contributed by atoms with E-state index in [0.717, 1.165) is 13.0 Å². The van der Waals surface area contributed by atoms with Gasteiger partial charge in [0, 0.05) is 17.1 Å². The van der Waals surface area contributed by atoms with E-state index >= 15 is 0 Å². The third-order valence-corrected chi connectivity index (χ3v) is 3.59. The molecule has 0 saturated carbocycles. The molecule has 1 aromatic carbocycles. The van der Waals surface area contributed by atoms with Crippen molar-refractivity contribution in [3.63, 3.8) is 0 Å². The summed E-state index contributed by atoms with van der Waals surface area (Å²) in [5.74, 6) is -0.108. The topological polar surface area (TPSA) is 70.2 Å². The van der Waals surface area contributed by atoms with Crippen LogP contribution in [0.5, 0.6) is 0 Å². The highest BCUT2D eigenvalue weighted by Gasteiger charge is 2.22. The Balaban J connectivity index is 0.00000529. The molecule has 1 aromatic rings. The van der Waals surface area contributed by atoms with Crippen LogP contribution < -0.4 is 16.0 Å². The van der Waals surface area contributed by atoms with E-state index in [4.69, 9.17) is 11.6 Å². The Morgan fingerprint density at radius 2 is 1.75 bits per heavy atom. The number of hydrogen-bond donors (Lipinski definition) is 3. The second-order valence-corrected chi connectivity index (χ2v) is 6.35. The number of carbonyl (C=O) groups is 2. The van der Waals surface area contributed by atoms with Crippen molar-refractivity contribution in [2.45, 2.75) is 32.7 Å². The smallest absolute Gasteiger partial charge is 0.251 e. The average molecular weight is 376 g/mol. The first-order valence-electron chi connectivity index (χ1n) is 7.92. The summed E-state index contributed by atoms with van der Waals surface area (Å²) in [4.78, 5) is 24.6. The molecule has 0 aliphatic heterocycles. The van der Waals surface area contributed by atoms with Gasteiger partial charge >= 0.3 is 0 Å². The summed E-state index contributed by atoms with van der Waals surface area (Å²) in [6, 6.07) is 6.08. The van der Waals surface area contributed by atoms with Crippen molar-refractivity contribution < 1.29 is 9.59 Å². The van der Waals surface area contributed by atoms with Gasteiger partial charge in [-0.2, -0.15) is 0 Å². The average Bonchev–Trinajstić information content (AvgIpc) is 2.50. The molecule has 24 heavy (non-hydrogen) atoms. The fraction of sp³-hybridized carbons (Fsp3) is 0.529. The van der Waals surface area contributed by atoms with Crippen LogP contribution in [-0.4, -0.2) is 38.0 Å². The summed E-state index contributed by atoms with van der Waals surface area (Å²) >= 11 is 5.82. The number of hydrogen-bond acceptors (Lipinski definition) is 3. The van der Waals surface area contributed by atoms with E-state index in [0.29, 0.717) is 29.5 Å². The Morgan fingerprint density at radius 3 is 2.29 bits per heavy atom. The van der Waals surface area contributed by atoms with Crippen molar-refractivity contribution in [2.24, 2.45) is 5.92 Å². The fourth-order valence-corrected chi connectivity index (χ4v) is 2.27. The van der Waals surface area contributed by atoms with E-state index in [1.807, 2.05) is 20.9 Å². The van der Waals surface area contributed by atoms with Gasteiger partial charge in [-0.15, -0.1) is 12.4 Å². The Bertz CT molecular complexity index is 507. The van der Waals surface area contributed by atoms with Gasteiger partial charge in [0.1, 0.15) is 6.04 Å². The summed E-state index contributed by atoms with van der Waals surface area (Å²) in [5, 5.41) is 9.29. The second-order valence-electron chi connectivity index (χ2n) is 5.91. The number of amides is 2. The summed E-state index contributed by atoms with van der Waals surface area (Å²) in [7, 11) is 1.87. The molecule has 0 aliphatic carbocycles. The Labute approximate surface area is 155 Å². The van der Waals surface area contributed by atoms with Crippen molar-refractivity contribution in [3.8, 4) is 0 Å². The van der Waals surface area contributed by atoms with E-state index < -0.39 is 6.04 Å². The first kappa shape index (κ1) is 22.7. The lowest BCUT2D eigenvalue weighted by Crippen LogP contribution is -2.47. The zero-order valence-corrected chi connectivity index (χ0v) is 16.0. The van der Waals surface area contributed by atoms with Crippen LogP contribution in [0.25, 0.3) is 0 Å². The molecule has 0 heterocycles. The lowest BCUT2D eigenvalue weighted by Gasteiger charge is -2.20. The van der Waals surface area contributed by atoms with Gasteiger partial charge in [0.25, 0.3) is 5.91 Å². The van der Waals surface area contributed by atoms with Gasteiger partial charge in [0.05, 0.1) is 0 Å². The molecular weight excluding hydrogens is 349 g/mol. The summed E-state index contributed by atoms with van der Waals surface area (Å²) in [6.07, 6.45) is 1.44. The maximum Gasteiger partial charge on any atom is 0.251 e. The normalized spacial score (nSPS) is 11.5. The SMILES string of the molecule is CNCCCNC(=O)C(CC(C)C)NC(=O)c1ccc(Cl)cc1.Cl. The van der Waals surface area contributed by atoms with E-state index in [2.05, 4.69) is 16.0 Å². The third kappa shape index (κ3) is 8.52. The molecule has 0 fully saturated rings. The largest absolute Gasteiger partial charge is 0.354 e. The second kappa shape index (κ2) is 12.1. The minimum Gasteiger partial charge on any atom is -0.354 e. The van der Waals surface area contributed by atoms with E-state index in [1.165, 1.54) is 0 Å². The molecule has 0 spiro atoms. The lowest BCUT2D eigenvalue weighted by atomic mass is 10.0. The number of rotatable bonds is 9. The molecule has 2 amide bonds. The van der Waals surface area contributed by atoms with E-state index in [9.17, 15) is 9.59 Å². The number of nitrogens with one attached hydrogen (secondary N) is 3. The lowest BCUT2D eigenvalue weighted by molar-refractivity contribution is -0.123. The molecule has 1 rings (SSSR count). The van der Waals surface area contributed by atoms with Crippen LogP contribution >= 0.6 is 24.0 Å². The van der Waals surface area contributed by atoms with Gasteiger partial charge in [-0.3, -0.25) is 9.59 Å². The molecule has 0 radical (unpaired) electrons. The molecular formula is C17H27Cl2N3O2. The predicted molar refractivity (Wildman–Crippen MR) is 101 cm³/mol. The zero-order chi connectivity index (χ0) is 17.2. The highest BCUT2D eigenvalue weighted by atomic mass is 35.5. The van der Waals surface area contributed by atoms with Gasteiger partial charge in [0.15, 0.2) is 0 Å². The molecule has 5 nitrogen and oxygen atoms in total. The van der Waals surface area contributed by atoms with Crippen molar-refractivity contribution in [2.75, 3.05) is 20.1 Å². The molecule has 0 saturated heterocycles. The monoisotopic (exact) mass is 375 g/mol. The first-order valence-corrected chi connectivity index (χ1v) is 8.30. The molecule has 0 aliphatic rings. The van der Waals surface area contributed by atoms with E-state index in [1.54, 1.807) is 24.3 Å². The standard InChI is InChI=1S/C17H26ClN3O2.ClH/c1-12(2)11-15(17(23)20-10-4-9-19-3)21-16(22)13-5-7-14(18)8-6-13;/h5-8,12,15,19H,4,9-11H2,1-3H3,(H,20,23)(H,21,22);1H. The molecule has 0 aromatic heterocycles. The Morgan fingerprint density at radius 1 is 1.12 bits per heavy atom. The van der Waals surface area contributed by atoms with Crippen molar-refractivity contribution in [1.29, 1.82) is 0 Å². The van der Waals surface area contributed by atoms with Crippen molar-refractivity contribution >= 4 is 35.8 Å². The van der Waals surface area contributed by atoms with Crippen molar-refractivity contribution in [3.05, 3.63) is 34.9 Å². The highest BCUT2D eigenvalue weighted by molar-refractivity contribution is 6.30. The van der Waals surface area contributed by atoms with Crippen LogP contribution in [0.1, 0.15) is 37.0 Å². The van der Waals surface area contributed by atoms with Crippen LogP contribution in [0.4, 0.5) is 0 Å². The number of carbonyl (C=O) groups excluding carboxylic acids is 2. The fourth-order valence-electron chi connectivity index (χ4n) is 2.15. The molecule has 136 valence electrons. The maximum absolute atomic E-state index is 12.3. The van der Waals surface area contributed by atoms with Gasteiger partial charge in [0.2, 0.25) is 5.91 Å². The van der Waals surface area contributed by atoms with E-state index in [-0.39, 0.29) is 24.2 Å². The molecule has 0 bridgehead atoms. The quantitative estimate of drug-likeness (QED) is 0.581. The predicted octanol–water partition coefficient (Wildman–Crippen LogP) is 2.63. The summed E-state index contributed by atoms with van der Waals surface area (Å²) in [6.45, 7) is 5.48. The Hall–Kier alpha value is -1.30. The van der Waals surface area contributed by atoms with Gasteiger partial charge in [-0.1, -0.05) is 25.4 Å². The highest BCUT2D eigenvalue weighted by Crippen LogP contribution is 2.11. The van der Waals surface area contributed by atoms with Crippen LogP contribution in [0.2, 0.25) is 5.02 Å². The minimum atomic E-state index is -0.534. The first-order chi connectivity index (χ1) is 10.9. The summed E-state index contributed by atoms with van der Waals surface area (Å²) < 4.78 is 0. The van der Waals surface area contributed by atoms with Crippen molar-refractivity contribution in [1.82, 2.24) is 16.0 Å². The van der Waals surface area contributed by atoms with Crippen LogP contribution in [0.15, 0.2) is 24.3 Å². The van der Waals surface area contributed by atoms with Crippen LogP contribution in [-0.2, 0) is 4.79 Å². The molecule has 7 heteroatoms. The van der Waals surface area contributed by atoms with Gasteiger partial charge in [-0.05, 0) is 56.6 Å². The number of benzene rings is 1. The maximum atomic E-state index is 12.3. The zero-order valence-electron chi connectivity index (χ0n) is 14.4. The Kier molecular flexibility index (Phi) is 11.5.